The fraction of sp³-hybridized carbons (Fsp3) is 0.435. The summed E-state index contributed by atoms with van der Waals surface area (Å²) in [6.45, 7) is 5.58. The Kier molecular flexibility index (Phi) is 4.06. The number of hydrogen-bond acceptors (Lipinski definition) is 1. The fourth-order valence-corrected chi connectivity index (χ4v) is 5.39. The van der Waals surface area contributed by atoms with Gasteiger partial charge in [0.05, 0.1) is 5.54 Å². The molecule has 0 aliphatic carbocycles. The summed E-state index contributed by atoms with van der Waals surface area (Å²) in [6, 6.07) is 11.4. The van der Waals surface area contributed by atoms with E-state index >= 15 is 0 Å². The standard InChI is InChI=1S/C23H26ClN3/c1-3-17-6-4-15(14-25-17)9-11-27-20-7-5-16(24)12-18(20)22-19-8-10-23(2,26-19)13-21(22)27/h4-7,12,14,19,26H,3,8-11,13H2,1-2H3/p+1. The van der Waals surface area contributed by atoms with E-state index in [1.807, 2.05) is 12.3 Å². The van der Waals surface area contributed by atoms with Gasteiger partial charge in [0.15, 0.2) is 0 Å². The Hall–Kier alpha value is -1.84. The lowest BCUT2D eigenvalue weighted by Crippen LogP contribution is -2.95. The van der Waals surface area contributed by atoms with Crippen LogP contribution < -0.4 is 5.32 Å². The maximum absolute atomic E-state index is 6.37. The van der Waals surface area contributed by atoms with E-state index in [0.717, 1.165) is 36.5 Å². The zero-order valence-corrected chi connectivity index (χ0v) is 16.9. The van der Waals surface area contributed by atoms with Crippen LogP contribution in [0.25, 0.3) is 10.9 Å². The Morgan fingerprint density at radius 2 is 2.19 bits per heavy atom. The molecule has 1 aromatic carbocycles. The SMILES string of the molecule is CCc1ccc(CCn2c3c(c4cc(Cl)ccc42)C2CCC(C)(C3)[NH2+]2)cn1. The third-order valence-corrected chi connectivity index (χ3v) is 6.86. The van der Waals surface area contributed by atoms with Gasteiger partial charge < -0.3 is 9.88 Å². The summed E-state index contributed by atoms with van der Waals surface area (Å²) in [5, 5.41) is 4.81. The Labute approximate surface area is 165 Å². The number of pyridine rings is 1. The van der Waals surface area contributed by atoms with Crippen molar-refractivity contribution in [2.75, 3.05) is 0 Å². The van der Waals surface area contributed by atoms with E-state index in [0.29, 0.717) is 11.6 Å². The molecule has 3 nitrogen and oxygen atoms in total. The first-order valence-electron chi connectivity index (χ1n) is 10.2. The molecule has 2 N–H and O–H groups in total. The van der Waals surface area contributed by atoms with Crippen LogP contribution >= 0.6 is 11.6 Å². The number of aryl methyl sites for hydroxylation is 3. The van der Waals surface area contributed by atoms with Crippen LogP contribution in [0.2, 0.25) is 5.02 Å². The Morgan fingerprint density at radius 1 is 1.30 bits per heavy atom. The molecular formula is C23H27ClN3+. The topological polar surface area (TPSA) is 34.4 Å². The maximum atomic E-state index is 6.37. The molecule has 2 aliphatic heterocycles. The minimum Gasteiger partial charge on any atom is -0.343 e. The molecule has 0 saturated carbocycles. The zero-order chi connectivity index (χ0) is 18.6. The maximum Gasteiger partial charge on any atom is 0.115 e. The molecule has 2 unspecified atom stereocenters. The van der Waals surface area contributed by atoms with Crippen LogP contribution in [0.5, 0.6) is 0 Å². The van der Waals surface area contributed by atoms with Crippen LogP contribution in [0, 0.1) is 0 Å². The van der Waals surface area contributed by atoms with E-state index in [-0.39, 0.29) is 0 Å². The monoisotopic (exact) mass is 380 g/mol. The normalized spacial score (nSPS) is 23.7. The molecular weight excluding hydrogens is 354 g/mol. The van der Waals surface area contributed by atoms with Crippen molar-refractivity contribution < 1.29 is 5.32 Å². The highest BCUT2D eigenvalue weighted by Crippen LogP contribution is 2.42. The van der Waals surface area contributed by atoms with Crippen molar-refractivity contribution in [1.29, 1.82) is 0 Å². The molecule has 140 valence electrons. The van der Waals surface area contributed by atoms with Gasteiger partial charge in [-0.1, -0.05) is 24.6 Å². The third kappa shape index (κ3) is 2.88. The first kappa shape index (κ1) is 17.3. The smallest absolute Gasteiger partial charge is 0.115 e. The average Bonchev–Trinajstić information content (AvgIpc) is 3.14. The van der Waals surface area contributed by atoms with Gasteiger partial charge in [-0.25, -0.2) is 0 Å². The molecule has 2 bridgehead atoms. The molecule has 2 aromatic heterocycles. The van der Waals surface area contributed by atoms with Crippen LogP contribution in [0.1, 0.15) is 55.2 Å². The van der Waals surface area contributed by atoms with Crippen LogP contribution in [0.15, 0.2) is 36.5 Å². The van der Waals surface area contributed by atoms with E-state index in [1.165, 1.54) is 35.0 Å². The number of nitrogens with two attached hydrogens (primary N) is 1. The van der Waals surface area contributed by atoms with Crippen molar-refractivity contribution in [3.63, 3.8) is 0 Å². The number of halogens is 1. The van der Waals surface area contributed by atoms with Gasteiger partial charge in [-0.15, -0.1) is 0 Å². The number of hydrogen-bond donors (Lipinski definition) is 1. The van der Waals surface area contributed by atoms with Crippen molar-refractivity contribution in [2.24, 2.45) is 0 Å². The van der Waals surface area contributed by atoms with E-state index in [4.69, 9.17) is 11.6 Å². The molecule has 4 heterocycles. The second-order valence-corrected chi connectivity index (χ2v) is 9.01. The van der Waals surface area contributed by atoms with Crippen molar-refractivity contribution >= 4 is 22.5 Å². The molecule has 5 rings (SSSR count). The summed E-state index contributed by atoms with van der Waals surface area (Å²) >= 11 is 6.37. The lowest BCUT2D eigenvalue weighted by molar-refractivity contribution is -0.742. The third-order valence-electron chi connectivity index (χ3n) is 6.62. The van der Waals surface area contributed by atoms with Crippen LogP contribution in [0.4, 0.5) is 0 Å². The summed E-state index contributed by atoms with van der Waals surface area (Å²) < 4.78 is 2.57. The molecule has 4 heteroatoms. The van der Waals surface area contributed by atoms with Gasteiger partial charge in [0, 0.05) is 64.9 Å². The number of fused-ring (bicyclic) bond motifs is 6. The van der Waals surface area contributed by atoms with Crippen LogP contribution in [0.3, 0.4) is 0 Å². The summed E-state index contributed by atoms with van der Waals surface area (Å²) in [4.78, 5) is 4.57. The summed E-state index contributed by atoms with van der Waals surface area (Å²) in [5.41, 5.74) is 7.26. The summed E-state index contributed by atoms with van der Waals surface area (Å²) in [6.07, 6.45) is 7.79. The Balaban J connectivity index is 1.55. The van der Waals surface area contributed by atoms with Crippen molar-refractivity contribution in [1.82, 2.24) is 9.55 Å². The summed E-state index contributed by atoms with van der Waals surface area (Å²) in [7, 11) is 0. The predicted molar refractivity (Wildman–Crippen MR) is 110 cm³/mol. The lowest BCUT2D eigenvalue weighted by atomic mass is 9.91. The van der Waals surface area contributed by atoms with Gasteiger partial charge in [-0.2, -0.15) is 0 Å². The largest absolute Gasteiger partial charge is 0.343 e. The molecule has 0 spiro atoms. The lowest BCUT2D eigenvalue weighted by Gasteiger charge is -2.29. The quantitative estimate of drug-likeness (QED) is 0.722. The summed E-state index contributed by atoms with van der Waals surface area (Å²) in [5.74, 6) is 0. The highest BCUT2D eigenvalue weighted by atomic mass is 35.5. The van der Waals surface area contributed by atoms with Crippen molar-refractivity contribution in [3.05, 3.63) is 64.1 Å². The van der Waals surface area contributed by atoms with Gasteiger partial charge in [0.25, 0.3) is 0 Å². The molecule has 0 radical (unpaired) electrons. The van der Waals surface area contributed by atoms with Gasteiger partial charge >= 0.3 is 0 Å². The van der Waals surface area contributed by atoms with Gasteiger partial charge in [0.2, 0.25) is 0 Å². The van der Waals surface area contributed by atoms with Crippen LogP contribution in [-0.4, -0.2) is 15.1 Å². The van der Waals surface area contributed by atoms with Gasteiger partial charge in [-0.3, -0.25) is 4.98 Å². The number of aromatic nitrogens is 2. The van der Waals surface area contributed by atoms with Crippen LogP contribution in [-0.2, 0) is 25.8 Å². The highest BCUT2D eigenvalue weighted by molar-refractivity contribution is 6.31. The van der Waals surface area contributed by atoms with Crippen molar-refractivity contribution in [2.45, 2.75) is 64.1 Å². The highest BCUT2D eigenvalue weighted by Gasteiger charge is 2.47. The molecule has 3 aromatic rings. The fourth-order valence-electron chi connectivity index (χ4n) is 5.21. The molecule has 1 saturated heterocycles. The number of nitrogens with zero attached hydrogens (tertiary/aromatic N) is 2. The van der Waals surface area contributed by atoms with Gasteiger partial charge in [-0.05, 0) is 49.6 Å². The number of benzene rings is 1. The number of rotatable bonds is 4. The number of quaternary nitrogens is 1. The van der Waals surface area contributed by atoms with E-state index < -0.39 is 0 Å². The first-order valence-corrected chi connectivity index (χ1v) is 10.5. The molecule has 0 amide bonds. The van der Waals surface area contributed by atoms with E-state index in [2.05, 4.69) is 53.0 Å². The molecule has 2 atom stereocenters. The van der Waals surface area contributed by atoms with E-state index in [9.17, 15) is 0 Å². The Morgan fingerprint density at radius 3 is 2.96 bits per heavy atom. The molecule has 2 aliphatic rings. The minimum atomic E-state index is 0.359. The predicted octanol–water partition coefficient (Wildman–Crippen LogP) is 4.21. The van der Waals surface area contributed by atoms with Gasteiger partial charge in [0.1, 0.15) is 6.04 Å². The first-order chi connectivity index (χ1) is 13.1. The average molecular weight is 381 g/mol. The second-order valence-electron chi connectivity index (χ2n) is 8.58. The zero-order valence-electron chi connectivity index (χ0n) is 16.1. The Bertz CT molecular complexity index is 1000. The molecule has 27 heavy (non-hydrogen) atoms. The van der Waals surface area contributed by atoms with Crippen molar-refractivity contribution in [3.8, 4) is 0 Å². The van der Waals surface area contributed by atoms with E-state index in [1.54, 1.807) is 5.56 Å². The molecule has 1 fully saturated rings. The minimum absolute atomic E-state index is 0.359. The second kappa shape index (κ2) is 6.35.